The Morgan fingerprint density at radius 2 is 2.08 bits per heavy atom. The van der Waals surface area contributed by atoms with Crippen molar-refractivity contribution in [3.63, 3.8) is 0 Å². The molecule has 5 nitrogen and oxygen atoms in total. The number of rotatable bonds is 8. The first-order valence-corrected chi connectivity index (χ1v) is 9.14. The van der Waals surface area contributed by atoms with Crippen molar-refractivity contribution >= 4 is 22.4 Å². The molecule has 1 amide bonds. The van der Waals surface area contributed by atoms with Crippen LogP contribution in [0.2, 0.25) is 0 Å². The summed E-state index contributed by atoms with van der Waals surface area (Å²) in [5, 5.41) is 9.02. The lowest BCUT2D eigenvalue weighted by Crippen LogP contribution is -2.21. The van der Waals surface area contributed by atoms with Gasteiger partial charge in [0.05, 0.1) is 18.5 Å². The second kappa shape index (κ2) is 8.48. The van der Waals surface area contributed by atoms with Crippen LogP contribution in [0.4, 0.5) is 5.13 Å². The fourth-order valence-electron chi connectivity index (χ4n) is 2.46. The lowest BCUT2D eigenvalue weighted by molar-refractivity contribution is -0.118. The molecule has 130 valence electrons. The van der Waals surface area contributed by atoms with Crippen LogP contribution in [0.15, 0.2) is 52.5 Å². The van der Waals surface area contributed by atoms with Crippen LogP contribution in [-0.4, -0.2) is 17.4 Å². The molecule has 0 aliphatic heterocycles. The predicted molar refractivity (Wildman–Crippen MR) is 101 cm³/mol. The van der Waals surface area contributed by atoms with Crippen molar-refractivity contribution in [2.24, 2.45) is 0 Å². The van der Waals surface area contributed by atoms with E-state index in [4.69, 9.17) is 4.42 Å². The zero-order valence-corrected chi connectivity index (χ0v) is 14.9. The minimum atomic E-state index is 0.0235. The number of carbonyl (C=O) groups is 1. The topological polar surface area (TPSA) is 67.2 Å². The number of aromatic nitrogens is 1. The maximum Gasteiger partial charge on any atom is 0.216 e. The third kappa shape index (κ3) is 5.19. The van der Waals surface area contributed by atoms with Crippen LogP contribution in [0.25, 0.3) is 11.3 Å². The summed E-state index contributed by atoms with van der Waals surface area (Å²) in [6.07, 6.45) is 3.56. The van der Waals surface area contributed by atoms with E-state index in [2.05, 4.69) is 45.3 Å². The smallest absolute Gasteiger partial charge is 0.216 e. The van der Waals surface area contributed by atoms with Gasteiger partial charge in [0.25, 0.3) is 0 Å². The number of furan rings is 1. The quantitative estimate of drug-likeness (QED) is 0.597. The molecule has 3 aromatic rings. The SMILES string of the molecule is CC(=O)NCCCc1ccc(-c2csc(NCc3ccco3)n2)cc1. The van der Waals surface area contributed by atoms with E-state index in [1.165, 1.54) is 5.56 Å². The van der Waals surface area contributed by atoms with Gasteiger partial charge in [-0.25, -0.2) is 4.98 Å². The van der Waals surface area contributed by atoms with E-state index in [1.54, 1.807) is 24.5 Å². The molecule has 2 aromatic heterocycles. The maximum atomic E-state index is 10.8. The third-order valence-corrected chi connectivity index (χ3v) is 4.56. The van der Waals surface area contributed by atoms with Crippen molar-refractivity contribution in [2.45, 2.75) is 26.3 Å². The molecule has 2 N–H and O–H groups in total. The number of carbonyl (C=O) groups excluding carboxylic acids is 1. The minimum absolute atomic E-state index is 0.0235. The number of aryl methyl sites for hydroxylation is 1. The molecule has 0 spiro atoms. The molecule has 1 aromatic carbocycles. The Morgan fingerprint density at radius 1 is 1.24 bits per heavy atom. The lowest BCUT2D eigenvalue weighted by atomic mass is 10.1. The number of amides is 1. The Kier molecular flexibility index (Phi) is 5.85. The summed E-state index contributed by atoms with van der Waals surface area (Å²) >= 11 is 1.59. The maximum absolute atomic E-state index is 10.8. The van der Waals surface area contributed by atoms with E-state index >= 15 is 0 Å². The van der Waals surface area contributed by atoms with Gasteiger partial charge >= 0.3 is 0 Å². The molecule has 0 unspecified atom stereocenters. The molecule has 6 heteroatoms. The van der Waals surface area contributed by atoms with Gasteiger partial charge in [0.15, 0.2) is 5.13 Å². The average Bonchev–Trinajstić information content (AvgIpc) is 3.29. The largest absolute Gasteiger partial charge is 0.467 e. The Labute approximate surface area is 151 Å². The van der Waals surface area contributed by atoms with Gasteiger partial charge in [0.1, 0.15) is 5.76 Å². The van der Waals surface area contributed by atoms with Crippen LogP contribution >= 0.6 is 11.3 Å². The van der Waals surface area contributed by atoms with E-state index in [0.717, 1.165) is 35.0 Å². The zero-order chi connectivity index (χ0) is 17.5. The molecule has 0 saturated carbocycles. The van der Waals surface area contributed by atoms with Crippen LogP contribution in [0.5, 0.6) is 0 Å². The van der Waals surface area contributed by atoms with Crippen molar-refractivity contribution in [3.05, 3.63) is 59.4 Å². The zero-order valence-electron chi connectivity index (χ0n) is 14.1. The fourth-order valence-corrected chi connectivity index (χ4v) is 3.18. The number of benzene rings is 1. The summed E-state index contributed by atoms with van der Waals surface area (Å²) in [5.41, 5.74) is 3.34. The Hall–Kier alpha value is -2.60. The molecule has 3 rings (SSSR count). The summed E-state index contributed by atoms with van der Waals surface area (Å²) in [6.45, 7) is 2.89. The fraction of sp³-hybridized carbons (Fsp3) is 0.263. The number of anilines is 1. The van der Waals surface area contributed by atoms with Gasteiger partial charge in [-0.1, -0.05) is 24.3 Å². The number of nitrogens with one attached hydrogen (secondary N) is 2. The molecule has 0 aliphatic carbocycles. The summed E-state index contributed by atoms with van der Waals surface area (Å²) in [6, 6.07) is 12.3. The molecule has 2 heterocycles. The standard InChI is InChI=1S/C19H21N3O2S/c1-14(23)20-10-2-4-15-6-8-16(9-7-15)18-13-25-19(22-18)21-12-17-5-3-11-24-17/h3,5-9,11,13H,2,4,10,12H2,1H3,(H,20,23)(H,21,22). The minimum Gasteiger partial charge on any atom is -0.467 e. The normalized spacial score (nSPS) is 10.6. The van der Waals surface area contributed by atoms with Crippen molar-refractivity contribution in [2.75, 3.05) is 11.9 Å². The van der Waals surface area contributed by atoms with E-state index in [1.807, 2.05) is 12.1 Å². The summed E-state index contributed by atoms with van der Waals surface area (Å²) in [4.78, 5) is 15.5. The van der Waals surface area contributed by atoms with Gasteiger partial charge < -0.3 is 15.1 Å². The highest BCUT2D eigenvalue weighted by Crippen LogP contribution is 2.25. The van der Waals surface area contributed by atoms with Gasteiger partial charge in [-0.2, -0.15) is 0 Å². The number of hydrogen-bond donors (Lipinski definition) is 2. The predicted octanol–water partition coefficient (Wildman–Crippen LogP) is 4.08. The van der Waals surface area contributed by atoms with Crippen LogP contribution in [-0.2, 0) is 17.8 Å². The van der Waals surface area contributed by atoms with E-state index < -0.39 is 0 Å². The average molecular weight is 355 g/mol. The van der Waals surface area contributed by atoms with Gasteiger partial charge in [0.2, 0.25) is 5.91 Å². The third-order valence-electron chi connectivity index (χ3n) is 3.76. The van der Waals surface area contributed by atoms with Crippen molar-refractivity contribution < 1.29 is 9.21 Å². The van der Waals surface area contributed by atoms with Crippen LogP contribution < -0.4 is 10.6 Å². The molecular weight excluding hydrogens is 334 g/mol. The first kappa shape index (κ1) is 17.2. The van der Waals surface area contributed by atoms with Crippen molar-refractivity contribution in [1.29, 1.82) is 0 Å². The summed E-state index contributed by atoms with van der Waals surface area (Å²) in [7, 11) is 0. The van der Waals surface area contributed by atoms with Gasteiger partial charge in [-0.15, -0.1) is 11.3 Å². The van der Waals surface area contributed by atoms with Gasteiger partial charge in [-0.3, -0.25) is 4.79 Å². The molecule has 0 fully saturated rings. The molecular formula is C19H21N3O2S. The molecule has 0 radical (unpaired) electrons. The first-order valence-electron chi connectivity index (χ1n) is 8.26. The van der Waals surface area contributed by atoms with Crippen LogP contribution in [0, 0.1) is 0 Å². The number of nitrogens with zero attached hydrogens (tertiary/aromatic N) is 1. The van der Waals surface area contributed by atoms with Gasteiger partial charge in [-0.05, 0) is 30.5 Å². The highest BCUT2D eigenvalue weighted by atomic mass is 32.1. The Balaban J connectivity index is 1.52. The molecule has 0 saturated heterocycles. The highest BCUT2D eigenvalue weighted by Gasteiger charge is 2.05. The van der Waals surface area contributed by atoms with Gasteiger partial charge in [0, 0.05) is 24.4 Å². The Bertz CT molecular complexity index is 794. The second-order valence-corrected chi connectivity index (χ2v) is 6.61. The summed E-state index contributed by atoms with van der Waals surface area (Å²) in [5.74, 6) is 0.913. The number of thiazole rings is 1. The molecule has 0 aliphatic rings. The van der Waals surface area contributed by atoms with E-state index in [0.29, 0.717) is 13.1 Å². The highest BCUT2D eigenvalue weighted by molar-refractivity contribution is 7.14. The Morgan fingerprint density at radius 3 is 2.80 bits per heavy atom. The molecule has 0 atom stereocenters. The van der Waals surface area contributed by atoms with Crippen LogP contribution in [0.3, 0.4) is 0 Å². The second-order valence-electron chi connectivity index (χ2n) is 5.75. The molecule has 25 heavy (non-hydrogen) atoms. The van der Waals surface area contributed by atoms with Crippen molar-refractivity contribution in [3.8, 4) is 11.3 Å². The summed E-state index contributed by atoms with van der Waals surface area (Å²) < 4.78 is 5.30. The lowest BCUT2D eigenvalue weighted by Gasteiger charge is -2.04. The van der Waals surface area contributed by atoms with Crippen LogP contribution in [0.1, 0.15) is 24.7 Å². The first-order chi connectivity index (χ1) is 12.2. The van der Waals surface area contributed by atoms with E-state index in [-0.39, 0.29) is 5.91 Å². The van der Waals surface area contributed by atoms with Crippen molar-refractivity contribution in [1.82, 2.24) is 10.3 Å². The molecule has 0 bridgehead atoms. The van der Waals surface area contributed by atoms with E-state index in [9.17, 15) is 4.79 Å². The number of hydrogen-bond acceptors (Lipinski definition) is 5. The monoisotopic (exact) mass is 355 g/mol.